The lowest BCUT2D eigenvalue weighted by atomic mass is 10.00. The molecule has 1 aromatic carbocycles. The molecule has 1 N–H and O–H groups in total. The van der Waals surface area contributed by atoms with Crippen LogP contribution in [0.1, 0.15) is 19.8 Å². The summed E-state index contributed by atoms with van der Waals surface area (Å²) in [5.41, 5.74) is 0.523. The van der Waals surface area contributed by atoms with Crippen LogP contribution in [-0.4, -0.2) is 35.6 Å². The van der Waals surface area contributed by atoms with Crippen molar-refractivity contribution in [2.75, 3.05) is 29.9 Å². The average molecular weight is 395 g/mol. The molecule has 0 atom stereocenters. The molecule has 0 aliphatic carbocycles. The number of hydrogen-bond acceptors (Lipinski definition) is 5. The van der Waals surface area contributed by atoms with Crippen LogP contribution in [0.25, 0.3) is 0 Å². The maximum atomic E-state index is 12.0. The van der Waals surface area contributed by atoms with E-state index >= 15 is 0 Å². The van der Waals surface area contributed by atoms with Crippen LogP contribution in [0.3, 0.4) is 0 Å². The highest BCUT2D eigenvalue weighted by atomic mass is 35.5. The van der Waals surface area contributed by atoms with Crippen molar-refractivity contribution in [3.63, 3.8) is 0 Å². The summed E-state index contributed by atoms with van der Waals surface area (Å²) >= 11 is 11.8. The fourth-order valence-electron chi connectivity index (χ4n) is 2.69. The van der Waals surface area contributed by atoms with Crippen LogP contribution in [0.2, 0.25) is 10.0 Å². The fourth-order valence-corrected chi connectivity index (χ4v) is 3.15. The Kier molecular flexibility index (Phi) is 6.16. The molecule has 2 heterocycles. The van der Waals surface area contributed by atoms with Gasteiger partial charge in [-0.3, -0.25) is 4.79 Å². The summed E-state index contributed by atoms with van der Waals surface area (Å²) < 4.78 is 5.40. The Hall–Kier alpha value is -2.05. The third kappa shape index (κ3) is 4.99. The third-order valence-electron chi connectivity index (χ3n) is 4.24. The molecule has 6 nitrogen and oxygen atoms in total. The number of nitrogens with one attached hydrogen (secondary N) is 1. The zero-order valence-corrected chi connectivity index (χ0v) is 15.9. The van der Waals surface area contributed by atoms with E-state index in [0.717, 1.165) is 31.8 Å². The first-order valence-electron chi connectivity index (χ1n) is 8.46. The molecule has 1 aliphatic rings. The fraction of sp³-hybridized carbons (Fsp3) is 0.389. The summed E-state index contributed by atoms with van der Waals surface area (Å²) in [6.07, 6.45) is 5.50. The highest BCUT2D eigenvalue weighted by Crippen LogP contribution is 2.27. The number of hydrogen-bond donors (Lipinski definition) is 1. The first-order valence-corrected chi connectivity index (χ1v) is 9.21. The number of carbonyl (C=O) groups excluding carboxylic acids is 1. The number of ether oxygens (including phenoxy) is 1. The lowest BCUT2D eigenvalue weighted by molar-refractivity contribution is -0.118. The highest BCUT2D eigenvalue weighted by molar-refractivity contribution is 6.35. The molecule has 0 bridgehead atoms. The number of amides is 1. The summed E-state index contributed by atoms with van der Waals surface area (Å²) in [7, 11) is 0. The van der Waals surface area contributed by atoms with Gasteiger partial charge in [-0.05, 0) is 37.0 Å². The van der Waals surface area contributed by atoms with E-state index in [0.29, 0.717) is 27.4 Å². The monoisotopic (exact) mass is 394 g/mol. The van der Waals surface area contributed by atoms with Gasteiger partial charge in [0.05, 0.1) is 23.1 Å². The van der Waals surface area contributed by atoms with E-state index in [1.165, 1.54) is 0 Å². The van der Waals surface area contributed by atoms with Crippen molar-refractivity contribution < 1.29 is 9.53 Å². The van der Waals surface area contributed by atoms with E-state index < -0.39 is 0 Å². The van der Waals surface area contributed by atoms with Crippen molar-refractivity contribution in [2.24, 2.45) is 5.92 Å². The number of anilines is 2. The number of rotatable bonds is 5. The van der Waals surface area contributed by atoms with Crippen LogP contribution in [0.4, 0.5) is 11.6 Å². The number of piperidine rings is 1. The predicted octanol–water partition coefficient (Wildman–Crippen LogP) is 4.04. The minimum atomic E-state index is -0.320. The Morgan fingerprint density at radius 2 is 1.96 bits per heavy atom. The predicted molar refractivity (Wildman–Crippen MR) is 103 cm³/mol. The van der Waals surface area contributed by atoms with Crippen LogP contribution < -0.4 is 15.0 Å². The van der Waals surface area contributed by atoms with Gasteiger partial charge in [-0.1, -0.05) is 30.1 Å². The Morgan fingerprint density at radius 3 is 2.62 bits per heavy atom. The summed E-state index contributed by atoms with van der Waals surface area (Å²) in [4.78, 5) is 22.9. The maximum absolute atomic E-state index is 12.0. The smallest absolute Gasteiger partial charge is 0.262 e. The summed E-state index contributed by atoms with van der Waals surface area (Å²) in [6.45, 7) is 4.01. The lowest BCUT2D eigenvalue weighted by Gasteiger charge is -2.30. The molecule has 1 saturated heterocycles. The van der Waals surface area contributed by atoms with Crippen molar-refractivity contribution in [1.82, 2.24) is 9.97 Å². The van der Waals surface area contributed by atoms with E-state index in [-0.39, 0.29) is 12.5 Å². The topological polar surface area (TPSA) is 67.4 Å². The Bertz CT molecular complexity index is 762. The molecular weight excluding hydrogens is 375 g/mol. The van der Waals surface area contributed by atoms with Gasteiger partial charge in [-0.25, -0.2) is 9.97 Å². The molecule has 1 aromatic heterocycles. The summed E-state index contributed by atoms with van der Waals surface area (Å²) in [5.74, 6) is 1.52. The van der Waals surface area contributed by atoms with Gasteiger partial charge in [0.2, 0.25) is 5.95 Å². The minimum absolute atomic E-state index is 0.173. The Morgan fingerprint density at radius 1 is 1.27 bits per heavy atom. The summed E-state index contributed by atoms with van der Waals surface area (Å²) in [5, 5.41) is 3.57. The Labute approximate surface area is 162 Å². The molecule has 0 spiro atoms. The number of carbonyl (C=O) groups is 1. The maximum Gasteiger partial charge on any atom is 0.262 e. The molecule has 26 heavy (non-hydrogen) atoms. The zero-order chi connectivity index (χ0) is 18.5. The molecule has 8 heteroatoms. The molecule has 2 aromatic rings. The second-order valence-electron chi connectivity index (χ2n) is 6.35. The minimum Gasteiger partial charge on any atom is -0.482 e. The third-order valence-corrected chi connectivity index (χ3v) is 4.77. The van der Waals surface area contributed by atoms with Crippen LogP contribution in [0.15, 0.2) is 30.6 Å². The van der Waals surface area contributed by atoms with Crippen molar-refractivity contribution in [1.29, 1.82) is 0 Å². The van der Waals surface area contributed by atoms with Crippen LogP contribution >= 0.6 is 23.2 Å². The standard InChI is InChI=1S/C18H20Cl2N4O2/c1-12-4-6-24(7-5-12)18-21-9-14(10-22-18)23-17(25)11-26-16-3-2-13(19)8-15(16)20/h2-3,8-10,12H,4-7,11H2,1H3,(H,23,25). The number of benzene rings is 1. The SMILES string of the molecule is CC1CCN(c2ncc(NC(=O)COc3ccc(Cl)cc3Cl)cn2)CC1. The van der Waals surface area contributed by atoms with Crippen LogP contribution in [0.5, 0.6) is 5.75 Å². The van der Waals surface area contributed by atoms with E-state index in [1.807, 2.05) is 0 Å². The van der Waals surface area contributed by atoms with Gasteiger partial charge in [0.1, 0.15) is 5.75 Å². The van der Waals surface area contributed by atoms with Crippen LogP contribution in [-0.2, 0) is 4.79 Å². The first kappa shape index (κ1) is 18.7. The van der Waals surface area contributed by atoms with E-state index in [9.17, 15) is 4.79 Å². The average Bonchev–Trinajstić information content (AvgIpc) is 2.62. The zero-order valence-electron chi connectivity index (χ0n) is 14.4. The number of nitrogens with zero attached hydrogens (tertiary/aromatic N) is 3. The van der Waals surface area contributed by atoms with Crippen molar-refractivity contribution in [2.45, 2.75) is 19.8 Å². The van der Waals surface area contributed by atoms with Gasteiger partial charge in [-0.2, -0.15) is 0 Å². The molecule has 1 aliphatic heterocycles. The van der Waals surface area contributed by atoms with E-state index in [2.05, 4.69) is 27.1 Å². The molecule has 0 saturated carbocycles. The van der Waals surface area contributed by atoms with E-state index in [4.69, 9.17) is 27.9 Å². The first-order chi connectivity index (χ1) is 12.5. The Balaban J connectivity index is 1.51. The molecule has 3 rings (SSSR count). The van der Waals surface area contributed by atoms with Crippen molar-refractivity contribution >= 4 is 40.7 Å². The lowest BCUT2D eigenvalue weighted by Crippen LogP contribution is -2.34. The second-order valence-corrected chi connectivity index (χ2v) is 7.20. The normalized spacial score (nSPS) is 15.0. The largest absolute Gasteiger partial charge is 0.482 e. The quantitative estimate of drug-likeness (QED) is 0.828. The number of aromatic nitrogens is 2. The number of halogens is 2. The van der Waals surface area contributed by atoms with E-state index in [1.54, 1.807) is 30.6 Å². The van der Waals surface area contributed by atoms with Crippen LogP contribution in [0, 0.1) is 5.92 Å². The molecule has 1 amide bonds. The van der Waals surface area contributed by atoms with Gasteiger partial charge in [0.25, 0.3) is 5.91 Å². The van der Waals surface area contributed by atoms with Crippen molar-refractivity contribution in [3.8, 4) is 5.75 Å². The molecule has 0 unspecified atom stereocenters. The van der Waals surface area contributed by atoms with Gasteiger partial charge in [0, 0.05) is 18.1 Å². The van der Waals surface area contributed by atoms with Gasteiger partial charge in [0.15, 0.2) is 6.61 Å². The highest BCUT2D eigenvalue weighted by Gasteiger charge is 2.17. The van der Waals surface area contributed by atoms with Gasteiger partial charge < -0.3 is 15.0 Å². The molecular formula is C18H20Cl2N4O2. The second kappa shape index (κ2) is 8.56. The van der Waals surface area contributed by atoms with Crippen molar-refractivity contribution in [3.05, 3.63) is 40.6 Å². The molecule has 0 radical (unpaired) electrons. The van der Waals surface area contributed by atoms with Gasteiger partial charge in [-0.15, -0.1) is 0 Å². The molecule has 1 fully saturated rings. The van der Waals surface area contributed by atoms with Gasteiger partial charge >= 0.3 is 0 Å². The summed E-state index contributed by atoms with van der Waals surface area (Å²) in [6, 6.07) is 4.83. The molecule has 138 valence electrons.